The van der Waals surface area contributed by atoms with Crippen LogP contribution in [0.1, 0.15) is 67.2 Å². The van der Waals surface area contributed by atoms with Gasteiger partial charge in [-0.3, -0.25) is 4.90 Å². The summed E-state index contributed by atoms with van der Waals surface area (Å²) in [6, 6.07) is 1.48. The zero-order valence-corrected chi connectivity index (χ0v) is 14.1. The van der Waals surface area contributed by atoms with Crippen molar-refractivity contribution in [2.45, 2.75) is 79.3 Å². The lowest BCUT2D eigenvalue weighted by molar-refractivity contribution is 0.131. The third-order valence-corrected chi connectivity index (χ3v) is 4.54. The minimum atomic E-state index is 0.356. The SMILES string of the molecule is CCCNC(C)C(C)(C)CN(CCC(C)C)C1CC1. The van der Waals surface area contributed by atoms with E-state index in [-0.39, 0.29) is 0 Å². The molecule has 2 nitrogen and oxygen atoms in total. The Hall–Kier alpha value is -0.0800. The molecule has 1 fully saturated rings. The van der Waals surface area contributed by atoms with Crippen LogP contribution >= 0.6 is 0 Å². The van der Waals surface area contributed by atoms with E-state index in [9.17, 15) is 0 Å². The fourth-order valence-electron chi connectivity index (χ4n) is 2.55. The number of hydrogen-bond acceptors (Lipinski definition) is 2. The van der Waals surface area contributed by atoms with Crippen LogP contribution in [0.5, 0.6) is 0 Å². The van der Waals surface area contributed by atoms with Crippen molar-refractivity contribution < 1.29 is 0 Å². The summed E-state index contributed by atoms with van der Waals surface area (Å²) >= 11 is 0. The van der Waals surface area contributed by atoms with E-state index in [1.54, 1.807) is 0 Å². The molecule has 0 aromatic carbocycles. The lowest BCUT2D eigenvalue weighted by atomic mass is 9.84. The summed E-state index contributed by atoms with van der Waals surface area (Å²) in [6.07, 6.45) is 5.40. The third-order valence-electron chi connectivity index (χ3n) is 4.54. The maximum Gasteiger partial charge on any atom is 0.0102 e. The molecule has 0 spiro atoms. The molecule has 1 aliphatic rings. The van der Waals surface area contributed by atoms with Gasteiger partial charge in [0.25, 0.3) is 0 Å². The molecule has 0 amide bonds. The number of nitrogens with zero attached hydrogens (tertiary/aromatic N) is 1. The standard InChI is InChI=1S/C17H36N2/c1-7-11-18-15(4)17(5,6)13-19(16-8-9-16)12-10-14(2)3/h14-16,18H,7-13H2,1-6H3. The number of rotatable bonds is 10. The Bertz CT molecular complexity index is 244. The summed E-state index contributed by atoms with van der Waals surface area (Å²) in [5.41, 5.74) is 0.356. The minimum Gasteiger partial charge on any atom is -0.314 e. The first-order valence-electron chi connectivity index (χ1n) is 8.34. The van der Waals surface area contributed by atoms with Crippen LogP contribution in [0.25, 0.3) is 0 Å². The first-order chi connectivity index (χ1) is 8.86. The van der Waals surface area contributed by atoms with Crippen molar-refractivity contribution in [2.24, 2.45) is 11.3 Å². The minimum absolute atomic E-state index is 0.356. The number of nitrogens with one attached hydrogen (secondary N) is 1. The molecule has 1 rings (SSSR count). The van der Waals surface area contributed by atoms with Crippen molar-refractivity contribution in [3.05, 3.63) is 0 Å². The summed E-state index contributed by atoms with van der Waals surface area (Å²) < 4.78 is 0. The molecule has 19 heavy (non-hydrogen) atoms. The molecule has 0 radical (unpaired) electrons. The molecular weight excluding hydrogens is 232 g/mol. The van der Waals surface area contributed by atoms with Gasteiger partial charge in [-0.15, -0.1) is 0 Å². The highest BCUT2D eigenvalue weighted by atomic mass is 15.2. The summed E-state index contributed by atoms with van der Waals surface area (Å²) in [4.78, 5) is 2.75. The van der Waals surface area contributed by atoms with Gasteiger partial charge in [0.15, 0.2) is 0 Å². The van der Waals surface area contributed by atoms with Crippen LogP contribution in [0, 0.1) is 11.3 Å². The van der Waals surface area contributed by atoms with Crippen LogP contribution in [0.4, 0.5) is 0 Å². The van der Waals surface area contributed by atoms with Crippen LogP contribution in [-0.4, -0.2) is 36.6 Å². The lowest BCUT2D eigenvalue weighted by Crippen LogP contribution is -2.47. The Balaban J connectivity index is 2.46. The molecule has 0 aromatic rings. The van der Waals surface area contributed by atoms with Crippen LogP contribution in [0.2, 0.25) is 0 Å². The first-order valence-corrected chi connectivity index (χ1v) is 8.34. The highest BCUT2D eigenvalue weighted by Gasteiger charge is 2.35. The van der Waals surface area contributed by atoms with E-state index < -0.39 is 0 Å². The van der Waals surface area contributed by atoms with Gasteiger partial charge in [0.05, 0.1) is 0 Å². The summed E-state index contributed by atoms with van der Waals surface area (Å²) in [7, 11) is 0. The average Bonchev–Trinajstić information content (AvgIpc) is 3.15. The monoisotopic (exact) mass is 268 g/mol. The van der Waals surface area contributed by atoms with Gasteiger partial charge in [-0.05, 0) is 57.0 Å². The van der Waals surface area contributed by atoms with Gasteiger partial charge in [0, 0.05) is 18.6 Å². The van der Waals surface area contributed by atoms with Crippen molar-refractivity contribution in [3.8, 4) is 0 Å². The van der Waals surface area contributed by atoms with Crippen molar-refractivity contribution in [2.75, 3.05) is 19.6 Å². The van der Waals surface area contributed by atoms with Gasteiger partial charge in [-0.2, -0.15) is 0 Å². The molecule has 1 atom stereocenters. The third kappa shape index (κ3) is 6.27. The second-order valence-electron chi connectivity index (χ2n) is 7.55. The molecule has 1 saturated carbocycles. The summed E-state index contributed by atoms with van der Waals surface area (Å²) in [5.74, 6) is 0.819. The predicted octanol–water partition coefficient (Wildman–Crippen LogP) is 3.91. The van der Waals surface area contributed by atoms with Gasteiger partial charge in [0.2, 0.25) is 0 Å². The van der Waals surface area contributed by atoms with Crippen molar-refractivity contribution in [1.29, 1.82) is 0 Å². The lowest BCUT2D eigenvalue weighted by Gasteiger charge is -2.38. The normalized spacial score (nSPS) is 18.3. The Morgan fingerprint density at radius 2 is 1.84 bits per heavy atom. The molecule has 114 valence electrons. The molecule has 1 aliphatic carbocycles. The van der Waals surface area contributed by atoms with Gasteiger partial charge in [0.1, 0.15) is 0 Å². The molecular formula is C17H36N2. The van der Waals surface area contributed by atoms with Crippen molar-refractivity contribution >= 4 is 0 Å². The molecule has 0 aromatic heterocycles. The van der Waals surface area contributed by atoms with E-state index in [0.717, 1.165) is 18.5 Å². The van der Waals surface area contributed by atoms with E-state index in [4.69, 9.17) is 0 Å². The van der Waals surface area contributed by atoms with Gasteiger partial charge in [-0.25, -0.2) is 0 Å². The van der Waals surface area contributed by atoms with E-state index in [1.165, 1.54) is 38.8 Å². The molecule has 2 heteroatoms. The fraction of sp³-hybridized carbons (Fsp3) is 1.00. The van der Waals surface area contributed by atoms with Gasteiger partial charge >= 0.3 is 0 Å². The molecule has 0 bridgehead atoms. The summed E-state index contributed by atoms with van der Waals surface area (Å²) in [6.45, 7) is 17.8. The van der Waals surface area contributed by atoms with Crippen molar-refractivity contribution in [1.82, 2.24) is 10.2 Å². The second kappa shape index (κ2) is 7.64. The Labute approximate surface area is 121 Å². The fourth-order valence-corrected chi connectivity index (χ4v) is 2.55. The highest BCUT2D eigenvalue weighted by molar-refractivity contribution is 4.91. The number of hydrogen-bond donors (Lipinski definition) is 1. The molecule has 1 unspecified atom stereocenters. The summed E-state index contributed by atoms with van der Waals surface area (Å²) in [5, 5.41) is 3.68. The van der Waals surface area contributed by atoms with E-state index in [0.29, 0.717) is 11.5 Å². The molecule has 0 aliphatic heterocycles. The van der Waals surface area contributed by atoms with Crippen LogP contribution < -0.4 is 5.32 Å². The Morgan fingerprint density at radius 3 is 2.32 bits per heavy atom. The zero-order chi connectivity index (χ0) is 14.5. The zero-order valence-electron chi connectivity index (χ0n) is 14.1. The Morgan fingerprint density at radius 1 is 1.21 bits per heavy atom. The highest BCUT2D eigenvalue weighted by Crippen LogP contribution is 2.32. The molecule has 0 heterocycles. The van der Waals surface area contributed by atoms with E-state index in [1.807, 2.05) is 0 Å². The van der Waals surface area contributed by atoms with Crippen LogP contribution in [0.15, 0.2) is 0 Å². The Kier molecular flexibility index (Phi) is 6.82. The van der Waals surface area contributed by atoms with Crippen molar-refractivity contribution in [3.63, 3.8) is 0 Å². The molecule has 0 saturated heterocycles. The van der Waals surface area contributed by atoms with Gasteiger partial charge < -0.3 is 5.32 Å². The quantitative estimate of drug-likeness (QED) is 0.646. The second-order valence-corrected chi connectivity index (χ2v) is 7.55. The van der Waals surface area contributed by atoms with Gasteiger partial charge in [-0.1, -0.05) is 34.6 Å². The van der Waals surface area contributed by atoms with E-state index >= 15 is 0 Å². The maximum atomic E-state index is 3.68. The molecule has 1 N–H and O–H groups in total. The van der Waals surface area contributed by atoms with E-state index in [2.05, 4.69) is 51.8 Å². The van der Waals surface area contributed by atoms with Crippen LogP contribution in [0.3, 0.4) is 0 Å². The first kappa shape index (κ1) is 17.0. The maximum absolute atomic E-state index is 3.68. The largest absolute Gasteiger partial charge is 0.314 e. The topological polar surface area (TPSA) is 15.3 Å². The predicted molar refractivity (Wildman–Crippen MR) is 85.6 cm³/mol. The smallest absolute Gasteiger partial charge is 0.0102 e. The van der Waals surface area contributed by atoms with Crippen LogP contribution in [-0.2, 0) is 0 Å². The average molecular weight is 268 g/mol.